The van der Waals surface area contributed by atoms with Gasteiger partial charge in [0.05, 0.1) is 0 Å². The van der Waals surface area contributed by atoms with Gasteiger partial charge in [-0.15, -0.1) is 0 Å². The zero-order valence-corrected chi connectivity index (χ0v) is 12.7. The molecule has 0 aliphatic heterocycles. The number of hydrogen-bond donors (Lipinski definition) is 1. The average molecular weight is 280 g/mol. The summed E-state index contributed by atoms with van der Waals surface area (Å²) in [5, 5.41) is 12.2. The molecule has 1 N–H and O–H groups in total. The van der Waals surface area contributed by atoms with Crippen molar-refractivity contribution in [2.75, 3.05) is 5.32 Å². The van der Waals surface area contributed by atoms with Gasteiger partial charge in [0.25, 0.3) is 5.91 Å². The summed E-state index contributed by atoms with van der Waals surface area (Å²) in [6.07, 6.45) is 3.72. The summed E-state index contributed by atoms with van der Waals surface area (Å²) in [7, 11) is 0. The number of para-hydroxylation sites is 1. The number of nitrogens with zero attached hydrogens (tertiary/aromatic N) is 1. The molecule has 3 heteroatoms. The van der Waals surface area contributed by atoms with Gasteiger partial charge in [0.15, 0.2) is 0 Å². The minimum absolute atomic E-state index is 0.0866. The number of nitrogens with one attached hydrogen (secondary N) is 1. The molecular formula is C18H20N2O. The minimum atomic E-state index is -0.333. The van der Waals surface area contributed by atoms with E-state index in [1.807, 2.05) is 43.3 Å². The number of carbonyl (C=O) groups is 1. The van der Waals surface area contributed by atoms with Gasteiger partial charge in [-0.2, -0.15) is 5.26 Å². The fourth-order valence-electron chi connectivity index (χ4n) is 2.88. The highest BCUT2D eigenvalue weighted by atomic mass is 16.1. The van der Waals surface area contributed by atoms with Crippen molar-refractivity contribution in [1.29, 1.82) is 5.26 Å². The summed E-state index contributed by atoms with van der Waals surface area (Å²) in [5.41, 5.74) is 3.04. The normalized spacial score (nSPS) is 19.2. The second-order valence-electron chi connectivity index (χ2n) is 6.34. The van der Waals surface area contributed by atoms with Crippen LogP contribution in [0.5, 0.6) is 0 Å². The van der Waals surface area contributed by atoms with E-state index in [4.69, 9.17) is 0 Å². The van der Waals surface area contributed by atoms with E-state index in [1.165, 1.54) is 5.57 Å². The molecule has 1 aliphatic rings. The number of allylic oxidation sites excluding steroid dienone is 3. The van der Waals surface area contributed by atoms with Crippen LogP contribution in [0, 0.1) is 16.7 Å². The van der Waals surface area contributed by atoms with Gasteiger partial charge >= 0.3 is 0 Å². The predicted octanol–water partition coefficient (Wildman–Crippen LogP) is 4.21. The summed E-state index contributed by atoms with van der Waals surface area (Å²) in [6.45, 7) is 6.37. The number of anilines is 1. The zero-order valence-electron chi connectivity index (χ0n) is 12.7. The molecule has 0 saturated heterocycles. The van der Waals surface area contributed by atoms with Gasteiger partial charge in [-0.25, -0.2) is 0 Å². The van der Waals surface area contributed by atoms with Gasteiger partial charge in [-0.05, 0) is 42.9 Å². The summed E-state index contributed by atoms with van der Waals surface area (Å²) in [5.74, 6) is -0.333. The molecule has 0 atom stereocenters. The topological polar surface area (TPSA) is 52.9 Å². The lowest BCUT2D eigenvalue weighted by Gasteiger charge is -2.30. The van der Waals surface area contributed by atoms with Crippen LogP contribution in [-0.4, -0.2) is 5.91 Å². The van der Waals surface area contributed by atoms with E-state index in [0.717, 1.165) is 18.4 Å². The summed E-state index contributed by atoms with van der Waals surface area (Å²) < 4.78 is 0. The van der Waals surface area contributed by atoms with E-state index in [9.17, 15) is 10.1 Å². The standard InChI is InChI=1S/C18H20N2O/c1-13-9-14(11-18(2,3)10-13)16(12-19)17(21)20-15-7-5-4-6-8-15/h4-9H,10-11H2,1-3H3,(H,20,21). The smallest absolute Gasteiger partial charge is 0.266 e. The van der Waals surface area contributed by atoms with E-state index in [0.29, 0.717) is 5.69 Å². The Balaban J connectivity index is 2.31. The lowest BCUT2D eigenvalue weighted by Crippen LogP contribution is -2.21. The molecule has 1 amide bonds. The Kier molecular flexibility index (Phi) is 4.28. The van der Waals surface area contributed by atoms with Crippen LogP contribution in [0.4, 0.5) is 5.69 Å². The molecule has 0 bridgehead atoms. The molecule has 1 aromatic carbocycles. The van der Waals surface area contributed by atoms with Crippen LogP contribution < -0.4 is 5.32 Å². The first-order valence-electron chi connectivity index (χ1n) is 7.08. The molecule has 3 nitrogen and oxygen atoms in total. The zero-order chi connectivity index (χ0) is 15.5. The van der Waals surface area contributed by atoms with Crippen molar-refractivity contribution in [3.63, 3.8) is 0 Å². The van der Waals surface area contributed by atoms with Gasteiger partial charge in [-0.3, -0.25) is 4.79 Å². The molecule has 0 saturated carbocycles. The van der Waals surface area contributed by atoms with Crippen molar-refractivity contribution in [1.82, 2.24) is 0 Å². The van der Waals surface area contributed by atoms with Crippen molar-refractivity contribution in [2.24, 2.45) is 5.41 Å². The molecule has 0 spiro atoms. The van der Waals surface area contributed by atoms with Crippen LogP contribution in [0.3, 0.4) is 0 Å². The second kappa shape index (κ2) is 5.97. The first-order chi connectivity index (χ1) is 9.91. The van der Waals surface area contributed by atoms with E-state index >= 15 is 0 Å². The molecule has 0 radical (unpaired) electrons. The highest BCUT2D eigenvalue weighted by Crippen LogP contribution is 2.38. The fraction of sp³-hybridized carbons (Fsp3) is 0.333. The number of rotatable bonds is 2. The van der Waals surface area contributed by atoms with Gasteiger partial charge in [0.2, 0.25) is 0 Å². The fourth-order valence-corrected chi connectivity index (χ4v) is 2.88. The monoisotopic (exact) mass is 280 g/mol. The molecule has 0 unspecified atom stereocenters. The van der Waals surface area contributed by atoms with Crippen molar-refractivity contribution in [3.8, 4) is 6.07 Å². The van der Waals surface area contributed by atoms with Crippen LogP contribution in [0.25, 0.3) is 0 Å². The van der Waals surface area contributed by atoms with Crippen LogP contribution in [0.2, 0.25) is 0 Å². The maximum atomic E-state index is 12.3. The van der Waals surface area contributed by atoms with Gasteiger partial charge in [-0.1, -0.05) is 43.7 Å². The van der Waals surface area contributed by atoms with Crippen LogP contribution >= 0.6 is 0 Å². The molecule has 0 heterocycles. The Morgan fingerprint density at radius 3 is 2.48 bits per heavy atom. The summed E-state index contributed by atoms with van der Waals surface area (Å²) in [6, 6.07) is 11.3. The quantitative estimate of drug-likeness (QED) is 0.651. The Morgan fingerprint density at radius 1 is 1.24 bits per heavy atom. The van der Waals surface area contributed by atoms with Crippen molar-refractivity contribution < 1.29 is 4.79 Å². The van der Waals surface area contributed by atoms with Gasteiger partial charge < -0.3 is 5.32 Å². The average Bonchev–Trinajstić information content (AvgIpc) is 2.38. The third-order valence-electron chi connectivity index (χ3n) is 3.54. The number of nitriles is 1. The van der Waals surface area contributed by atoms with Gasteiger partial charge in [0.1, 0.15) is 11.6 Å². The van der Waals surface area contributed by atoms with E-state index < -0.39 is 0 Å². The van der Waals surface area contributed by atoms with Crippen LogP contribution in [-0.2, 0) is 4.79 Å². The number of amides is 1. The Labute approximate surface area is 126 Å². The van der Waals surface area contributed by atoms with Crippen molar-refractivity contribution in [2.45, 2.75) is 33.6 Å². The molecule has 1 aliphatic carbocycles. The Bertz CT molecular complexity index is 646. The molecular weight excluding hydrogens is 260 g/mol. The number of benzene rings is 1. The van der Waals surface area contributed by atoms with E-state index in [2.05, 4.69) is 25.2 Å². The summed E-state index contributed by atoms with van der Waals surface area (Å²) in [4.78, 5) is 12.3. The molecule has 0 aromatic heterocycles. The van der Waals surface area contributed by atoms with Crippen LogP contribution in [0.15, 0.2) is 53.1 Å². The Hall–Kier alpha value is -2.34. The second-order valence-corrected chi connectivity index (χ2v) is 6.34. The molecule has 21 heavy (non-hydrogen) atoms. The highest BCUT2D eigenvalue weighted by molar-refractivity contribution is 6.07. The van der Waals surface area contributed by atoms with E-state index in [-0.39, 0.29) is 16.9 Å². The summed E-state index contributed by atoms with van der Waals surface area (Å²) >= 11 is 0. The number of carbonyl (C=O) groups excluding carboxylic acids is 1. The minimum Gasteiger partial charge on any atom is -0.321 e. The van der Waals surface area contributed by atoms with Crippen molar-refractivity contribution >= 4 is 11.6 Å². The lowest BCUT2D eigenvalue weighted by atomic mass is 9.74. The first-order valence-corrected chi connectivity index (χ1v) is 7.08. The maximum Gasteiger partial charge on any atom is 0.266 e. The van der Waals surface area contributed by atoms with Crippen molar-refractivity contribution in [3.05, 3.63) is 53.1 Å². The van der Waals surface area contributed by atoms with Gasteiger partial charge in [0, 0.05) is 5.69 Å². The highest BCUT2D eigenvalue weighted by Gasteiger charge is 2.27. The van der Waals surface area contributed by atoms with Crippen LogP contribution in [0.1, 0.15) is 33.6 Å². The molecule has 1 aromatic rings. The molecule has 0 fully saturated rings. The first kappa shape index (κ1) is 15.1. The lowest BCUT2D eigenvalue weighted by molar-refractivity contribution is -0.112. The third kappa shape index (κ3) is 3.82. The molecule has 2 rings (SSSR count). The Morgan fingerprint density at radius 2 is 1.90 bits per heavy atom. The predicted molar refractivity (Wildman–Crippen MR) is 84.5 cm³/mol. The molecule has 108 valence electrons. The SMILES string of the molecule is CC1=CC(=C(C#N)C(=O)Nc2ccccc2)CC(C)(C)C1. The van der Waals surface area contributed by atoms with E-state index in [1.54, 1.807) is 0 Å². The number of hydrogen-bond acceptors (Lipinski definition) is 2. The maximum absolute atomic E-state index is 12.3. The third-order valence-corrected chi connectivity index (χ3v) is 3.54. The largest absolute Gasteiger partial charge is 0.321 e.